The number of benzene rings is 2. The fourth-order valence-electron chi connectivity index (χ4n) is 2.47. The van der Waals surface area contributed by atoms with Crippen molar-refractivity contribution in [2.24, 2.45) is 5.10 Å². The molecule has 0 aliphatic rings. The van der Waals surface area contributed by atoms with Crippen molar-refractivity contribution >= 4 is 5.71 Å². The van der Waals surface area contributed by atoms with Gasteiger partial charge in [-0.1, -0.05) is 6.07 Å². The molecule has 2 rings (SSSR count). The van der Waals surface area contributed by atoms with Crippen molar-refractivity contribution < 1.29 is 14.6 Å². The molecule has 128 valence electrons. The molecule has 2 N–H and O–H groups in total. The van der Waals surface area contributed by atoms with E-state index in [1.54, 1.807) is 14.2 Å². The van der Waals surface area contributed by atoms with Crippen molar-refractivity contribution in [1.29, 1.82) is 0 Å². The minimum Gasteiger partial charge on any atom is -0.507 e. The van der Waals surface area contributed by atoms with Gasteiger partial charge in [0, 0.05) is 0 Å². The molecule has 0 unspecified atom stereocenters. The van der Waals surface area contributed by atoms with Crippen molar-refractivity contribution in [2.75, 3.05) is 14.2 Å². The lowest BCUT2D eigenvalue weighted by molar-refractivity contribution is 0.354. The predicted molar refractivity (Wildman–Crippen MR) is 96.2 cm³/mol. The van der Waals surface area contributed by atoms with Crippen LogP contribution in [0.3, 0.4) is 0 Å². The van der Waals surface area contributed by atoms with Crippen molar-refractivity contribution in [3.63, 3.8) is 0 Å². The summed E-state index contributed by atoms with van der Waals surface area (Å²) >= 11 is 0. The number of nitrogens with one attached hydrogen (secondary N) is 1. The van der Waals surface area contributed by atoms with Crippen LogP contribution in [0.25, 0.3) is 0 Å². The van der Waals surface area contributed by atoms with Crippen LogP contribution in [0.1, 0.15) is 29.2 Å². The molecule has 0 bridgehead atoms. The van der Waals surface area contributed by atoms with Gasteiger partial charge in [0.25, 0.3) is 0 Å². The highest BCUT2D eigenvalue weighted by molar-refractivity contribution is 5.99. The quantitative estimate of drug-likeness (QED) is 0.629. The first-order valence-electron chi connectivity index (χ1n) is 7.75. The first kappa shape index (κ1) is 17.7. The molecule has 0 saturated heterocycles. The van der Waals surface area contributed by atoms with E-state index >= 15 is 0 Å². The van der Waals surface area contributed by atoms with E-state index in [-0.39, 0.29) is 0 Å². The summed E-state index contributed by atoms with van der Waals surface area (Å²) in [5.41, 5.74) is 7.66. The van der Waals surface area contributed by atoms with Crippen molar-refractivity contribution in [1.82, 2.24) is 5.43 Å². The number of aromatic hydroxyl groups is 1. The van der Waals surface area contributed by atoms with Crippen LogP contribution in [-0.2, 0) is 6.54 Å². The minimum absolute atomic E-state index is 0.338. The van der Waals surface area contributed by atoms with E-state index in [0.29, 0.717) is 23.8 Å². The summed E-state index contributed by atoms with van der Waals surface area (Å²) in [6.07, 6.45) is 0. The van der Waals surface area contributed by atoms with Crippen molar-refractivity contribution in [3.05, 3.63) is 52.6 Å². The summed E-state index contributed by atoms with van der Waals surface area (Å²) in [5, 5.41) is 14.3. The van der Waals surface area contributed by atoms with Gasteiger partial charge in [-0.15, -0.1) is 0 Å². The Morgan fingerprint density at radius 1 is 1.04 bits per heavy atom. The molecule has 0 atom stereocenters. The van der Waals surface area contributed by atoms with Crippen LogP contribution in [0.4, 0.5) is 0 Å². The summed E-state index contributed by atoms with van der Waals surface area (Å²) in [5.74, 6) is 1.74. The highest BCUT2D eigenvalue weighted by Gasteiger charge is 2.06. The third kappa shape index (κ3) is 3.98. The molecule has 0 aromatic heterocycles. The van der Waals surface area contributed by atoms with Gasteiger partial charge in [0.1, 0.15) is 5.75 Å². The zero-order valence-electron chi connectivity index (χ0n) is 14.8. The summed E-state index contributed by atoms with van der Waals surface area (Å²) in [7, 11) is 3.23. The van der Waals surface area contributed by atoms with Gasteiger partial charge in [0.05, 0.1) is 26.5 Å². The van der Waals surface area contributed by atoms with Gasteiger partial charge in [-0.2, -0.15) is 5.10 Å². The van der Waals surface area contributed by atoms with E-state index in [9.17, 15) is 5.11 Å². The maximum absolute atomic E-state index is 9.85. The Balaban J connectivity index is 2.08. The molecule has 0 fully saturated rings. The molecule has 0 heterocycles. The van der Waals surface area contributed by atoms with E-state index in [2.05, 4.69) is 10.5 Å². The lowest BCUT2D eigenvalue weighted by Gasteiger charge is -2.10. The number of phenols is 1. The van der Waals surface area contributed by atoms with Gasteiger partial charge >= 0.3 is 0 Å². The van der Waals surface area contributed by atoms with Crippen LogP contribution in [-0.4, -0.2) is 25.0 Å². The summed E-state index contributed by atoms with van der Waals surface area (Å²) in [4.78, 5) is 0. The fraction of sp³-hybridized carbons (Fsp3) is 0.316. The SMILES string of the molecule is COc1ccc(CN/N=C(\C)c2cc(C)c(O)c(C)c2)cc1OC. The standard InChI is InChI=1S/C19H24N2O3/c1-12-8-16(9-13(2)19(12)22)14(3)21-20-11-15-6-7-17(23-4)18(10-15)24-5/h6-10,20,22H,11H2,1-5H3/b21-14+. The number of phenolic OH excluding ortho intramolecular Hbond substituents is 1. The van der Waals surface area contributed by atoms with Gasteiger partial charge in [0.15, 0.2) is 11.5 Å². The molecule has 0 aliphatic carbocycles. The second kappa shape index (κ2) is 7.73. The largest absolute Gasteiger partial charge is 0.507 e. The van der Waals surface area contributed by atoms with E-state index in [1.807, 2.05) is 51.1 Å². The smallest absolute Gasteiger partial charge is 0.161 e. The van der Waals surface area contributed by atoms with Crippen LogP contribution < -0.4 is 14.9 Å². The molecule has 0 radical (unpaired) electrons. The van der Waals surface area contributed by atoms with Crippen LogP contribution in [0.2, 0.25) is 0 Å². The summed E-state index contributed by atoms with van der Waals surface area (Å²) < 4.78 is 10.5. The molecule has 5 heteroatoms. The van der Waals surface area contributed by atoms with E-state index in [4.69, 9.17) is 9.47 Å². The number of methoxy groups -OCH3 is 2. The molecule has 0 amide bonds. The predicted octanol–water partition coefficient (Wildman–Crippen LogP) is 3.54. The van der Waals surface area contributed by atoms with Crippen LogP contribution in [0.5, 0.6) is 17.2 Å². The first-order chi connectivity index (χ1) is 11.5. The number of ether oxygens (including phenoxy) is 2. The Hall–Kier alpha value is -2.69. The summed E-state index contributed by atoms with van der Waals surface area (Å²) in [6.45, 7) is 6.28. The Bertz CT molecular complexity index is 731. The third-order valence-electron chi connectivity index (χ3n) is 3.89. The van der Waals surface area contributed by atoms with E-state index in [1.165, 1.54) is 0 Å². The Kier molecular flexibility index (Phi) is 5.68. The van der Waals surface area contributed by atoms with Gasteiger partial charge in [0.2, 0.25) is 0 Å². The lowest BCUT2D eigenvalue weighted by atomic mass is 10.0. The zero-order valence-corrected chi connectivity index (χ0v) is 14.8. The van der Waals surface area contributed by atoms with Crippen LogP contribution in [0, 0.1) is 13.8 Å². The zero-order chi connectivity index (χ0) is 17.7. The number of hydrazone groups is 1. The van der Waals surface area contributed by atoms with Crippen molar-refractivity contribution in [2.45, 2.75) is 27.3 Å². The topological polar surface area (TPSA) is 63.1 Å². The molecule has 5 nitrogen and oxygen atoms in total. The maximum Gasteiger partial charge on any atom is 0.161 e. The fourth-order valence-corrected chi connectivity index (χ4v) is 2.47. The molecule has 2 aromatic rings. The molecule has 2 aromatic carbocycles. The maximum atomic E-state index is 9.85. The summed E-state index contributed by atoms with van der Waals surface area (Å²) in [6, 6.07) is 9.62. The number of hydrogen-bond donors (Lipinski definition) is 2. The monoisotopic (exact) mass is 328 g/mol. The van der Waals surface area contributed by atoms with E-state index < -0.39 is 0 Å². The van der Waals surface area contributed by atoms with Crippen LogP contribution >= 0.6 is 0 Å². The van der Waals surface area contributed by atoms with Gasteiger partial charge in [-0.05, 0) is 67.3 Å². The number of hydrogen-bond acceptors (Lipinski definition) is 5. The Morgan fingerprint density at radius 2 is 1.67 bits per heavy atom. The average molecular weight is 328 g/mol. The van der Waals surface area contributed by atoms with Gasteiger partial charge in [-0.3, -0.25) is 0 Å². The lowest BCUT2D eigenvalue weighted by Crippen LogP contribution is -2.10. The van der Waals surface area contributed by atoms with Gasteiger partial charge in [-0.25, -0.2) is 0 Å². The van der Waals surface area contributed by atoms with Crippen LogP contribution in [0.15, 0.2) is 35.4 Å². The normalized spacial score (nSPS) is 11.3. The molecule has 0 aliphatic heterocycles. The average Bonchev–Trinajstić information content (AvgIpc) is 2.58. The number of rotatable bonds is 6. The second-order valence-corrected chi connectivity index (χ2v) is 5.68. The molecule has 0 spiro atoms. The third-order valence-corrected chi connectivity index (χ3v) is 3.89. The highest BCUT2D eigenvalue weighted by Crippen LogP contribution is 2.27. The molecule has 0 saturated carbocycles. The van der Waals surface area contributed by atoms with E-state index in [0.717, 1.165) is 28.0 Å². The Labute approximate surface area is 142 Å². The van der Waals surface area contributed by atoms with Gasteiger partial charge < -0.3 is 20.0 Å². The van der Waals surface area contributed by atoms with Crippen molar-refractivity contribution in [3.8, 4) is 17.2 Å². The number of aryl methyl sites for hydroxylation is 2. The second-order valence-electron chi connectivity index (χ2n) is 5.68. The molecular formula is C19H24N2O3. The first-order valence-corrected chi connectivity index (χ1v) is 7.75. The molecular weight excluding hydrogens is 304 g/mol. The Morgan fingerprint density at radius 3 is 2.25 bits per heavy atom. The number of nitrogens with zero attached hydrogens (tertiary/aromatic N) is 1. The molecule has 24 heavy (non-hydrogen) atoms. The highest BCUT2D eigenvalue weighted by atomic mass is 16.5. The minimum atomic E-state index is 0.338.